The van der Waals surface area contributed by atoms with E-state index in [0.717, 1.165) is 0 Å². The average Bonchev–Trinajstić information content (AvgIpc) is 2.48. The molecule has 0 unspecified atom stereocenters. The molecule has 2 aromatic rings. The van der Waals surface area contributed by atoms with E-state index < -0.39 is 5.91 Å². The zero-order valence-corrected chi connectivity index (χ0v) is 11.7. The summed E-state index contributed by atoms with van der Waals surface area (Å²) < 4.78 is 18.1. The van der Waals surface area contributed by atoms with Crippen LogP contribution < -0.4 is 10.1 Å². The van der Waals surface area contributed by atoms with E-state index in [9.17, 15) is 14.3 Å². The maximum absolute atomic E-state index is 12.7. The summed E-state index contributed by atoms with van der Waals surface area (Å²) in [6.45, 7) is -0.510. The van der Waals surface area contributed by atoms with Crippen molar-refractivity contribution in [2.24, 2.45) is 0 Å². The largest absolute Gasteiger partial charge is 0.482 e. The Kier molecular flexibility index (Phi) is 5.14. The van der Waals surface area contributed by atoms with Crippen LogP contribution in [0, 0.1) is 5.82 Å². The number of hydrogen-bond donors (Lipinski definition) is 2. The van der Waals surface area contributed by atoms with Crippen LogP contribution in [-0.2, 0) is 11.4 Å². The summed E-state index contributed by atoms with van der Waals surface area (Å²) in [7, 11) is 0. The van der Waals surface area contributed by atoms with Gasteiger partial charge in [-0.25, -0.2) is 4.39 Å². The summed E-state index contributed by atoms with van der Waals surface area (Å²) in [6.07, 6.45) is 0. The Labute approximate surface area is 126 Å². The van der Waals surface area contributed by atoms with Gasteiger partial charge in [0.05, 0.1) is 11.6 Å². The van der Waals surface area contributed by atoms with Crippen molar-refractivity contribution in [1.82, 2.24) is 0 Å². The van der Waals surface area contributed by atoms with E-state index in [2.05, 4.69) is 5.32 Å². The second-order valence-corrected chi connectivity index (χ2v) is 4.64. The molecular formula is C15H13ClFNO3. The lowest BCUT2D eigenvalue weighted by Crippen LogP contribution is -2.20. The molecule has 2 aromatic carbocycles. The topological polar surface area (TPSA) is 58.6 Å². The Morgan fingerprint density at radius 1 is 1.24 bits per heavy atom. The Hall–Kier alpha value is -2.11. The summed E-state index contributed by atoms with van der Waals surface area (Å²) in [5, 5.41) is 12.1. The quantitative estimate of drug-likeness (QED) is 0.892. The first kappa shape index (κ1) is 15.3. The highest BCUT2D eigenvalue weighted by Gasteiger charge is 2.10. The monoisotopic (exact) mass is 309 g/mol. The van der Waals surface area contributed by atoms with Gasteiger partial charge >= 0.3 is 0 Å². The first-order valence-corrected chi connectivity index (χ1v) is 6.54. The molecule has 0 radical (unpaired) electrons. The van der Waals surface area contributed by atoms with Gasteiger partial charge in [0.15, 0.2) is 6.61 Å². The van der Waals surface area contributed by atoms with E-state index in [1.54, 1.807) is 18.2 Å². The van der Waals surface area contributed by atoms with Crippen LogP contribution >= 0.6 is 11.6 Å². The number of nitrogens with one attached hydrogen (secondary N) is 1. The molecule has 0 aliphatic heterocycles. The van der Waals surface area contributed by atoms with Crippen molar-refractivity contribution in [2.45, 2.75) is 6.61 Å². The van der Waals surface area contributed by atoms with Gasteiger partial charge in [-0.2, -0.15) is 0 Å². The number of carbonyl (C=O) groups excluding carboxylic acids is 1. The minimum absolute atomic E-state index is 0.241. The van der Waals surface area contributed by atoms with Crippen molar-refractivity contribution in [2.75, 3.05) is 11.9 Å². The predicted octanol–water partition coefficient (Wildman–Crippen LogP) is 2.99. The van der Waals surface area contributed by atoms with E-state index in [4.69, 9.17) is 16.3 Å². The van der Waals surface area contributed by atoms with Gasteiger partial charge < -0.3 is 15.2 Å². The summed E-state index contributed by atoms with van der Waals surface area (Å²) in [6, 6.07) is 10.3. The van der Waals surface area contributed by atoms with E-state index >= 15 is 0 Å². The van der Waals surface area contributed by atoms with Gasteiger partial charge in [-0.1, -0.05) is 23.7 Å². The second kappa shape index (κ2) is 7.06. The van der Waals surface area contributed by atoms with Gasteiger partial charge in [0.25, 0.3) is 5.91 Å². The molecule has 0 heterocycles. The highest BCUT2D eigenvalue weighted by molar-refractivity contribution is 6.32. The zero-order chi connectivity index (χ0) is 15.2. The highest BCUT2D eigenvalue weighted by atomic mass is 35.5. The lowest BCUT2D eigenvalue weighted by Gasteiger charge is -2.11. The molecule has 6 heteroatoms. The maximum Gasteiger partial charge on any atom is 0.262 e. The van der Waals surface area contributed by atoms with Crippen LogP contribution in [0.4, 0.5) is 10.1 Å². The van der Waals surface area contributed by atoms with Crippen molar-refractivity contribution in [1.29, 1.82) is 0 Å². The molecule has 0 saturated heterocycles. The molecule has 0 fully saturated rings. The number of aliphatic hydroxyl groups is 1. The van der Waals surface area contributed by atoms with E-state index in [1.165, 1.54) is 24.3 Å². The Morgan fingerprint density at radius 3 is 2.62 bits per heavy atom. The molecule has 0 aliphatic rings. The third-order valence-corrected chi connectivity index (χ3v) is 2.99. The van der Waals surface area contributed by atoms with E-state index in [1.807, 2.05) is 0 Å². The van der Waals surface area contributed by atoms with Gasteiger partial charge in [0.2, 0.25) is 0 Å². The first-order valence-electron chi connectivity index (χ1n) is 6.16. The Balaban J connectivity index is 1.97. The smallest absolute Gasteiger partial charge is 0.262 e. The number of halogens is 2. The number of amides is 1. The molecule has 2 N–H and O–H groups in total. The maximum atomic E-state index is 12.7. The second-order valence-electron chi connectivity index (χ2n) is 4.23. The molecular weight excluding hydrogens is 297 g/mol. The summed E-state index contributed by atoms with van der Waals surface area (Å²) in [5.41, 5.74) is 0.962. The number of aliphatic hydroxyl groups excluding tert-OH is 1. The standard InChI is InChI=1S/C15H13ClFNO3/c16-13-3-1-2-10(8-19)15(13)21-9-14(20)18-12-6-4-11(17)5-7-12/h1-7,19H,8-9H2,(H,18,20). The third kappa shape index (κ3) is 4.18. The molecule has 1 amide bonds. The lowest BCUT2D eigenvalue weighted by atomic mass is 10.2. The van der Waals surface area contributed by atoms with E-state index in [0.29, 0.717) is 16.3 Å². The van der Waals surface area contributed by atoms with Crippen LogP contribution in [0.2, 0.25) is 5.02 Å². The van der Waals surface area contributed by atoms with Crippen LogP contribution in [0.15, 0.2) is 42.5 Å². The molecule has 0 bridgehead atoms. The fraction of sp³-hybridized carbons (Fsp3) is 0.133. The molecule has 2 rings (SSSR count). The molecule has 110 valence electrons. The normalized spacial score (nSPS) is 10.2. The van der Waals surface area contributed by atoms with Crippen molar-refractivity contribution in [3.63, 3.8) is 0 Å². The number of rotatable bonds is 5. The number of anilines is 1. The fourth-order valence-corrected chi connectivity index (χ4v) is 1.96. The van der Waals surface area contributed by atoms with Crippen LogP contribution in [0.3, 0.4) is 0 Å². The summed E-state index contributed by atoms with van der Waals surface area (Å²) >= 11 is 5.96. The third-order valence-electron chi connectivity index (χ3n) is 2.69. The van der Waals surface area contributed by atoms with Gasteiger partial charge in [-0.3, -0.25) is 4.79 Å². The number of para-hydroxylation sites is 1. The number of ether oxygens (including phenoxy) is 1. The summed E-state index contributed by atoms with van der Waals surface area (Å²) in [5.74, 6) is -0.519. The van der Waals surface area contributed by atoms with Crippen molar-refractivity contribution in [3.05, 3.63) is 58.9 Å². The van der Waals surface area contributed by atoms with Gasteiger partial charge in [-0.15, -0.1) is 0 Å². The van der Waals surface area contributed by atoms with Crippen molar-refractivity contribution >= 4 is 23.2 Å². The van der Waals surface area contributed by atoms with Crippen LogP contribution in [0.5, 0.6) is 5.75 Å². The minimum Gasteiger partial charge on any atom is -0.482 e. The van der Waals surface area contributed by atoms with Crippen LogP contribution in [0.25, 0.3) is 0 Å². The Morgan fingerprint density at radius 2 is 1.95 bits per heavy atom. The number of hydrogen-bond acceptors (Lipinski definition) is 3. The predicted molar refractivity (Wildman–Crippen MR) is 77.9 cm³/mol. The number of carbonyl (C=O) groups is 1. The molecule has 0 spiro atoms. The van der Waals surface area contributed by atoms with Crippen molar-refractivity contribution < 1.29 is 19.0 Å². The first-order chi connectivity index (χ1) is 10.1. The molecule has 0 saturated carbocycles. The van der Waals surface area contributed by atoms with Crippen LogP contribution in [0.1, 0.15) is 5.56 Å². The number of benzene rings is 2. The SMILES string of the molecule is O=C(COc1c(Cl)cccc1CO)Nc1ccc(F)cc1. The summed E-state index contributed by atoms with van der Waals surface area (Å²) in [4.78, 5) is 11.7. The van der Waals surface area contributed by atoms with E-state index in [-0.39, 0.29) is 24.8 Å². The van der Waals surface area contributed by atoms with Crippen LogP contribution in [-0.4, -0.2) is 17.6 Å². The van der Waals surface area contributed by atoms with Gasteiger partial charge in [0, 0.05) is 11.3 Å². The Bertz CT molecular complexity index is 631. The lowest BCUT2D eigenvalue weighted by molar-refractivity contribution is -0.118. The molecule has 0 aliphatic carbocycles. The van der Waals surface area contributed by atoms with Gasteiger partial charge in [0.1, 0.15) is 11.6 Å². The highest BCUT2D eigenvalue weighted by Crippen LogP contribution is 2.28. The zero-order valence-electron chi connectivity index (χ0n) is 11.0. The molecule has 21 heavy (non-hydrogen) atoms. The van der Waals surface area contributed by atoms with Gasteiger partial charge in [-0.05, 0) is 30.3 Å². The molecule has 0 aromatic heterocycles. The molecule has 0 atom stereocenters. The van der Waals surface area contributed by atoms with Crippen molar-refractivity contribution in [3.8, 4) is 5.75 Å². The minimum atomic E-state index is -0.412. The molecule has 4 nitrogen and oxygen atoms in total. The fourth-order valence-electron chi connectivity index (χ4n) is 1.71. The average molecular weight is 310 g/mol.